The molecule has 4 nitrogen and oxygen atoms in total. The smallest absolute Gasteiger partial charge is 0.331 e. The molecule has 0 aliphatic rings. The number of ether oxygens (including phenoxy) is 1. The second-order valence-electron chi connectivity index (χ2n) is 5.31. The van der Waals surface area contributed by atoms with E-state index >= 15 is 0 Å². The lowest BCUT2D eigenvalue weighted by Crippen LogP contribution is -2.31. The van der Waals surface area contributed by atoms with Crippen molar-refractivity contribution < 1.29 is 18.7 Å². The molecule has 2 aromatic rings. The van der Waals surface area contributed by atoms with Gasteiger partial charge >= 0.3 is 5.97 Å². The molecule has 0 radical (unpaired) electrons. The van der Waals surface area contributed by atoms with Crippen molar-refractivity contribution in [1.29, 1.82) is 0 Å². The molecule has 6 heteroatoms. The molecule has 1 amide bonds. The topological polar surface area (TPSA) is 55.4 Å². The normalized spacial score (nSPS) is 12.0. The van der Waals surface area contributed by atoms with Gasteiger partial charge in [0.1, 0.15) is 5.82 Å². The van der Waals surface area contributed by atoms with E-state index in [0.717, 1.165) is 16.1 Å². The molecule has 0 heterocycles. The zero-order valence-corrected chi connectivity index (χ0v) is 15.1. The molecule has 0 unspecified atom stereocenters. The van der Waals surface area contributed by atoms with Crippen molar-refractivity contribution >= 4 is 33.9 Å². The van der Waals surface area contributed by atoms with Crippen LogP contribution in [-0.2, 0) is 14.3 Å². The van der Waals surface area contributed by atoms with Gasteiger partial charge in [0, 0.05) is 10.5 Å². The Labute approximate surface area is 153 Å². The number of amides is 1. The van der Waals surface area contributed by atoms with Gasteiger partial charge in [0.15, 0.2) is 6.61 Å². The molecule has 0 aliphatic heterocycles. The van der Waals surface area contributed by atoms with E-state index in [4.69, 9.17) is 4.74 Å². The lowest BCUT2D eigenvalue weighted by molar-refractivity contribution is -0.144. The summed E-state index contributed by atoms with van der Waals surface area (Å²) in [4.78, 5) is 23.5. The quantitative estimate of drug-likeness (QED) is 0.583. The third-order valence-corrected chi connectivity index (χ3v) is 4.08. The molecular formula is C19H17BrFNO3. The minimum absolute atomic E-state index is 0.232. The van der Waals surface area contributed by atoms with Crippen LogP contribution in [0, 0.1) is 5.82 Å². The number of carbonyl (C=O) groups excluding carboxylic acids is 2. The van der Waals surface area contributed by atoms with Crippen LogP contribution in [0.15, 0.2) is 59.1 Å². The number of hydrogen-bond acceptors (Lipinski definition) is 3. The summed E-state index contributed by atoms with van der Waals surface area (Å²) in [6, 6.07) is 13.1. The number of benzene rings is 2. The molecule has 1 N–H and O–H groups in total. The lowest BCUT2D eigenvalue weighted by atomic mass is 10.1. The summed E-state index contributed by atoms with van der Waals surface area (Å²) in [5.74, 6) is -1.47. The molecule has 0 saturated carbocycles. The van der Waals surface area contributed by atoms with Crippen molar-refractivity contribution in [2.75, 3.05) is 6.61 Å². The minimum atomic E-state index is -0.673. The van der Waals surface area contributed by atoms with Crippen LogP contribution in [0.5, 0.6) is 0 Å². The summed E-state index contributed by atoms with van der Waals surface area (Å²) in [6.45, 7) is 1.45. The maximum absolute atomic E-state index is 13.0. The van der Waals surface area contributed by atoms with Crippen LogP contribution in [0.2, 0.25) is 0 Å². The highest BCUT2D eigenvalue weighted by Gasteiger charge is 2.13. The Morgan fingerprint density at radius 2 is 2.00 bits per heavy atom. The van der Waals surface area contributed by atoms with E-state index in [-0.39, 0.29) is 12.6 Å². The van der Waals surface area contributed by atoms with E-state index in [9.17, 15) is 14.0 Å². The Morgan fingerprint density at radius 1 is 1.24 bits per heavy atom. The van der Waals surface area contributed by atoms with Gasteiger partial charge in [0.2, 0.25) is 0 Å². The van der Waals surface area contributed by atoms with Crippen LogP contribution in [0.4, 0.5) is 4.39 Å². The first-order valence-electron chi connectivity index (χ1n) is 7.60. The molecule has 0 fully saturated rings. The Hall–Kier alpha value is -2.47. The number of hydrogen-bond donors (Lipinski definition) is 1. The van der Waals surface area contributed by atoms with E-state index < -0.39 is 17.7 Å². The summed E-state index contributed by atoms with van der Waals surface area (Å²) in [6.07, 6.45) is 2.58. The molecular weight excluding hydrogens is 389 g/mol. The van der Waals surface area contributed by atoms with Crippen molar-refractivity contribution in [2.24, 2.45) is 0 Å². The SMILES string of the molecule is C[C@@H](NC(=O)COC(=O)/C=C/c1cccc(F)c1)c1ccccc1Br. The van der Waals surface area contributed by atoms with E-state index in [1.807, 2.05) is 31.2 Å². The van der Waals surface area contributed by atoms with Gasteiger partial charge in [-0.2, -0.15) is 0 Å². The molecule has 130 valence electrons. The maximum atomic E-state index is 13.0. The van der Waals surface area contributed by atoms with Crippen LogP contribution >= 0.6 is 15.9 Å². The zero-order valence-electron chi connectivity index (χ0n) is 13.5. The van der Waals surface area contributed by atoms with Crippen molar-refractivity contribution in [3.05, 3.63) is 76.0 Å². The first-order valence-corrected chi connectivity index (χ1v) is 8.39. The number of halogens is 2. The van der Waals surface area contributed by atoms with Crippen LogP contribution < -0.4 is 5.32 Å². The Kier molecular flexibility index (Phi) is 6.89. The summed E-state index contributed by atoms with van der Waals surface area (Å²) in [7, 11) is 0. The average Bonchev–Trinajstić information content (AvgIpc) is 2.58. The van der Waals surface area contributed by atoms with Gasteiger partial charge in [-0.25, -0.2) is 9.18 Å². The molecule has 2 rings (SSSR count). The fourth-order valence-corrected chi connectivity index (χ4v) is 2.77. The van der Waals surface area contributed by atoms with E-state index in [0.29, 0.717) is 5.56 Å². The predicted octanol–water partition coefficient (Wildman–Crippen LogP) is 4.02. The average molecular weight is 406 g/mol. The molecule has 25 heavy (non-hydrogen) atoms. The van der Waals surface area contributed by atoms with Crippen LogP contribution in [0.1, 0.15) is 24.1 Å². The first kappa shape index (κ1) is 18.9. The lowest BCUT2D eigenvalue weighted by Gasteiger charge is -2.15. The second-order valence-corrected chi connectivity index (χ2v) is 6.16. The predicted molar refractivity (Wildman–Crippen MR) is 97.1 cm³/mol. The highest BCUT2D eigenvalue weighted by Crippen LogP contribution is 2.22. The molecule has 0 aliphatic carbocycles. The van der Waals surface area contributed by atoms with Crippen LogP contribution in [-0.4, -0.2) is 18.5 Å². The van der Waals surface area contributed by atoms with Crippen LogP contribution in [0.3, 0.4) is 0 Å². The summed E-state index contributed by atoms with van der Waals surface area (Å²) in [5.41, 5.74) is 1.46. The zero-order chi connectivity index (χ0) is 18.2. The number of carbonyl (C=O) groups is 2. The number of rotatable bonds is 6. The largest absolute Gasteiger partial charge is 0.452 e. The summed E-state index contributed by atoms with van der Waals surface area (Å²) >= 11 is 3.42. The van der Waals surface area contributed by atoms with Crippen molar-refractivity contribution in [1.82, 2.24) is 5.32 Å². The van der Waals surface area contributed by atoms with Gasteiger partial charge in [-0.1, -0.05) is 46.3 Å². The number of esters is 1. The Bertz CT molecular complexity index is 792. The molecule has 0 aromatic heterocycles. The molecule has 1 atom stereocenters. The van der Waals surface area contributed by atoms with Crippen LogP contribution in [0.25, 0.3) is 6.08 Å². The standard InChI is InChI=1S/C19H17BrFNO3/c1-13(16-7-2-3-8-17(16)20)22-18(23)12-25-19(24)10-9-14-5-4-6-15(21)11-14/h2-11,13H,12H2,1H3,(H,22,23)/b10-9+/t13-/m1/s1. The van der Waals surface area contributed by atoms with E-state index in [2.05, 4.69) is 21.2 Å². The fourth-order valence-electron chi connectivity index (χ4n) is 2.15. The molecule has 0 spiro atoms. The van der Waals surface area contributed by atoms with Gasteiger partial charge in [-0.15, -0.1) is 0 Å². The molecule has 2 aromatic carbocycles. The van der Waals surface area contributed by atoms with Gasteiger partial charge in [-0.05, 0) is 42.3 Å². The fraction of sp³-hybridized carbons (Fsp3) is 0.158. The number of nitrogens with one attached hydrogen (secondary N) is 1. The third-order valence-electron chi connectivity index (χ3n) is 3.36. The molecule has 0 saturated heterocycles. The van der Waals surface area contributed by atoms with Gasteiger partial charge in [0.05, 0.1) is 6.04 Å². The van der Waals surface area contributed by atoms with E-state index in [1.165, 1.54) is 24.3 Å². The van der Waals surface area contributed by atoms with Crippen molar-refractivity contribution in [3.8, 4) is 0 Å². The molecule has 0 bridgehead atoms. The Morgan fingerprint density at radius 3 is 2.72 bits per heavy atom. The van der Waals surface area contributed by atoms with Gasteiger partial charge in [0.25, 0.3) is 5.91 Å². The third kappa shape index (κ3) is 6.15. The summed E-state index contributed by atoms with van der Waals surface area (Å²) < 4.78 is 18.8. The Balaban J connectivity index is 1.81. The first-order chi connectivity index (χ1) is 12.0. The van der Waals surface area contributed by atoms with Crippen molar-refractivity contribution in [3.63, 3.8) is 0 Å². The highest BCUT2D eigenvalue weighted by molar-refractivity contribution is 9.10. The highest BCUT2D eigenvalue weighted by atomic mass is 79.9. The van der Waals surface area contributed by atoms with Gasteiger partial charge in [-0.3, -0.25) is 4.79 Å². The monoisotopic (exact) mass is 405 g/mol. The summed E-state index contributed by atoms with van der Waals surface area (Å²) in [5, 5.41) is 2.75. The maximum Gasteiger partial charge on any atom is 0.331 e. The van der Waals surface area contributed by atoms with Gasteiger partial charge < -0.3 is 10.1 Å². The van der Waals surface area contributed by atoms with Crippen molar-refractivity contribution in [2.45, 2.75) is 13.0 Å². The minimum Gasteiger partial charge on any atom is -0.452 e. The second kappa shape index (κ2) is 9.13. The van der Waals surface area contributed by atoms with E-state index in [1.54, 1.807) is 6.07 Å².